The molecule has 2 N–H and O–H groups in total. The highest BCUT2D eigenvalue weighted by Crippen LogP contribution is 2.41. The van der Waals surface area contributed by atoms with E-state index in [-0.39, 0.29) is 18.1 Å². The van der Waals surface area contributed by atoms with E-state index in [9.17, 15) is 13.9 Å². The maximum Gasteiger partial charge on any atom is 0.303 e. The molecule has 190 valence electrons. The third-order valence-electron chi connectivity index (χ3n) is 5.42. The van der Waals surface area contributed by atoms with E-state index in [0.717, 1.165) is 19.9 Å². The lowest BCUT2D eigenvalue weighted by molar-refractivity contribution is -0.170. The van der Waals surface area contributed by atoms with Crippen LogP contribution >= 0.6 is 0 Å². The van der Waals surface area contributed by atoms with E-state index in [1.807, 2.05) is 0 Å². The average molecular weight is 495 g/mol. The minimum atomic E-state index is -3.81. The van der Waals surface area contributed by atoms with Crippen LogP contribution in [-0.4, -0.2) is 53.1 Å². The molecule has 8 nitrogen and oxygen atoms in total. The first-order chi connectivity index (χ1) is 16.4. The van der Waals surface area contributed by atoms with Crippen molar-refractivity contribution in [3.05, 3.63) is 47.0 Å². The summed E-state index contributed by atoms with van der Waals surface area (Å²) in [6, 6.07) is 4.55. The van der Waals surface area contributed by atoms with Crippen LogP contribution < -0.4 is 14.8 Å². The molecular formula is C24H29F3N4O4. The molecule has 0 saturated carbocycles. The Kier molecular flexibility index (Phi) is 7.71. The Hall–Kier alpha value is -3.18. The van der Waals surface area contributed by atoms with Crippen LogP contribution in [0.2, 0.25) is 0 Å². The number of aromatic nitrogens is 3. The highest BCUT2D eigenvalue weighted by molar-refractivity contribution is 5.88. The maximum absolute atomic E-state index is 15.3. The number of nitrogens with one attached hydrogen (secondary N) is 1. The number of benzene rings is 1. The van der Waals surface area contributed by atoms with Gasteiger partial charge in [-0.1, -0.05) is 12.1 Å². The van der Waals surface area contributed by atoms with Crippen molar-refractivity contribution in [3.8, 4) is 11.6 Å². The minimum Gasteiger partial charge on any atom is -0.486 e. The van der Waals surface area contributed by atoms with Gasteiger partial charge in [0.1, 0.15) is 29.7 Å². The molecule has 3 rings (SSSR count). The van der Waals surface area contributed by atoms with E-state index in [4.69, 9.17) is 14.2 Å². The largest absolute Gasteiger partial charge is 0.486 e. The molecule has 0 spiro atoms. The van der Waals surface area contributed by atoms with Crippen LogP contribution in [0.3, 0.4) is 0 Å². The number of fused-ring (bicyclic) bond motifs is 1. The number of aryl methyl sites for hydroxylation is 1. The number of hydrogen-bond acceptors (Lipinski definition) is 8. The van der Waals surface area contributed by atoms with Crippen LogP contribution in [0.25, 0.3) is 11.0 Å². The van der Waals surface area contributed by atoms with Gasteiger partial charge in [-0.3, -0.25) is 0 Å². The van der Waals surface area contributed by atoms with Crippen molar-refractivity contribution >= 4 is 16.9 Å². The second-order valence-electron chi connectivity index (χ2n) is 8.54. The number of methoxy groups -OCH3 is 2. The van der Waals surface area contributed by atoms with Gasteiger partial charge >= 0.3 is 5.92 Å². The van der Waals surface area contributed by atoms with Gasteiger partial charge in [0, 0.05) is 18.7 Å². The van der Waals surface area contributed by atoms with E-state index >= 15 is 4.39 Å². The third-order valence-corrected chi connectivity index (χ3v) is 5.42. The number of alkyl halides is 2. The molecule has 1 aromatic carbocycles. The molecule has 0 saturated heterocycles. The lowest BCUT2D eigenvalue weighted by Crippen LogP contribution is -2.41. The van der Waals surface area contributed by atoms with Gasteiger partial charge in [-0.25, -0.2) is 14.4 Å². The summed E-state index contributed by atoms with van der Waals surface area (Å²) in [5.74, 6) is -3.67. The monoisotopic (exact) mass is 494 g/mol. The van der Waals surface area contributed by atoms with E-state index in [2.05, 4.69) is 20.3 Å². The average Bonchev–Trinajstić information content (AvgIpc) is 2.78. The normalized spacial score (nSPS) is 13.1. The first-order valence-corrected chi connectivity index (χ1v) is 10.9. The van der Waals surface area contributed by atoms with Crippen LogP contribution in [0.4, 0.5) is 19.0 Å². The summed E-state index contributed by atoms with van der Waals surface area (Å²) in [7, 11) is 3.00. The molecule has 0 unspecified atom stereocenters. The standard InChI is InChI=1S/C24H29F3N4O4/c1-13(15-8-7-9-17(19(15)25)24(26,27)23(3,4)32)28-20-16-12-18(35-11-10-33-5)22(34-6)31-21(16)30-14(2)29-20/h7-9,12-13,32H,10-11H2,1-6H3,(H,28,29,30,31)/t13-/m1/s1. The fourth-order valence-electron chi connectivity index (χ4n) is 3.46. The second-order valence-corrected chi connectivity index (χ2v) is 8.54. The second kappa shape index (κ2) is 10.2. The quantitative estimate of drug-likeness (QED) is 0.397. The smallest absolute Gasteiger partial charge is 0.303 e. The highest BCUT2D eigenvalue weighted by Gasteiger charge is 2.49. The Bertz CT molecular complexity index is 1200. The molecule has 1 atom stereocenters. The summed E-state index contributed by atoms with van der Waals surface area (Å²) < 4.78 is 60.7. The molecule has 0 aliphatic carbocycles. The number of rotatable bonds is 10. The van der Waals surface area contributed by atoms with Gasteiger partial charge in [-0.15, -0.1) is 0 Å². The van der Waals surface area contributed by atoms with Crippen molar-refractivity contribution in [1.82, 2.24) is 15.0 Å². The van der Waals surface area contributed by atoms with E-state index < -0.39 is 28.9 Å². The molecule has 11 heteroatoms. The van der Waals surface area contributed by atoms with E-state index in [0.29, 0.717) is 35.0 Å². The van der Waals surface area contributed by atoms with Crippen LogP contribution in [0.5, 0.6) is 11.6 Å². The van der Waals surface area contributed by atoms with Crippen molar-refractivity contribution in [2.45, 2.75) is 45.3 Å². The Morgan fingerprint density at radius 2 is 1.83 bits per heavy atom. The fraction of sp³-hybridized carbons (Fsp3) is 0.458. The zero-order valence-electron chi connectivity index (χ0n) is 20.4. The summed E-state index contributed by atoms with van der Waals surface area (Å²) in [4.78, 5) is 13.1. The molecule has 0 fully saturated rings. The molecule has 0 amide bonds. The van der Waals surface area contributed by atoms with Gasteiger partial charge in [-0.05, 0) is 33.8 Å². The van der Waals surface area contributed by atoms with Crippen molar-refractivity contribution in [2.75, 3.05) is 32.8 Å². The summed E-state index contributed by atoms with van der Waals surface area (Å²) in [5, 5.41) is 13.4. The maximum atomic E-state index is 15.3. The third kappa shape index (κ3) is 5.40. The topological polar surface area (TPSA) is 98.6 Å². The minimum absolute atomic E-state index is 0.0196. The molecule has 35 heavy (non-hydrogen) atoms. The fourth-order valence-corrected chi connectivity index (χ4v) is 3.46. The Morgan fingerprint density at radius 1 is 1.11 bits per heavy atom. The number of anilines is 1. The van der Waals surface area contributed by atoms with Gasteiger partial charge in [0.25, 0.3) is 5.88 Å². The molecule has 2 heterocycles. The molecule has 2 aromatic heterocycles. The zero-order chi connectivity index (χ0) is 26.0. The van der Waals surface area contributed by atoms with Crippen LogP contribution in [0.1, 0.15) is 43.8 Å². The lowest BCUT2D eigenvalue weighted by atomic mass is 9.91. The number of halogens is 3. The van der Waals surface area contributed by atoms with Crippen LogP contribution in [0, 0.1) is 12.7 Å². The predicted octanol–water partition coefficient (Wildman–Crippen LogP) is 4.54. The predicted molar refractivity (Wildman–Crippen MR) is 125 cm³/mol. The van der Waals surface area contributed by atoms with Crippen LogP contribution in [-0.2, 0) is 10.7 Å². The number of nitrogens with zero attached hydrogens (tertiary/aromatic N) is 3. The van der Waals surface area contributed by atoms with Crippen molar-refractivity contribution < 1.29 is 32.5 Å². The summed E-state index contributed by atoms with van der Waals surface area (Å²) >= 11 is 0. The molecular weight excluding hydrogens is 465 g/mol. The van der Waals surface area contributed by atoms with Gasteiger partial charge in [-0.2, -0.15) is 13.8 Å². The zero-order valence-corrected chi connectivity index (χ0v) is 20.4. The first-order valence-electron chi connectivity index (χ1n) is 10.9. The molecule has 0 aliphatic rings. The molecule has 0 radical (unpaired) electrons. The Balaban J connectivity index is 2.03. The summed E-state index contributed by atoms with van der Waals surface area (Å²) in [5.41, 5.74) is -3.05. The van der Waals surface area contributed by atoms with Gasteiger partial charge < -0.3 is 24.6 Å². The van der Waals surface area contributed by atoms with Gasteiger partial charge in [0.05, 0.1) is 30.7 Å². The molecule has 0 aliphatic heterocycles. The molecule has 3 aromatic rings. The van der Waals surface area contributed by atoms with Crippen molar-refractivity contribution in [2.24, 2.45) is 0 Å². The Labute approximate surface area is 201 Å². The van der Waals surface area contributed by atoms with Gasteiger partial charge in [0.15, 0.2) is 11.4 Å². The number of pyridine rings is 1. The number of hydrogen-bond donors (Lipinski definition) is 2. The SMILES string of the molecule is COCCOc1cc2c(N[C@H](C)c3cccc(C(F)(F)C(C)(C)O)c3F)nc(C)nc2nc1OC. The number of aliphatic hydroxyl groups is 1. The van der Waals surface area contributed by atoms with Crippen LogP contribution in [0.15, 0.2) is 24.3 Å². The summed E-state index contributed by atoms with van der Waals surface area (Å²) in [6.45, 7) is 5.74. The first kappa shape index (κ1) is 26.4. The number of ether oxygens (including phenoxy) is 3. The van der Waals surface area contributed by atoms with Gasteiger partial charge in [0.2, 0.25) is 0 Å². The van der Waals surface area contributed by atoms with E-state index in [1.54, 1.807) is 27.0 Å². The molecule has 0 bridgehead atoms. The summed E-state index contributed by atoms with van der Waals surface area (Å²) in [6.07, 6.45) is 0. The Morgan fingerprint density at radius 3 is 2.46 bits per heavy atom. The lowest BCUT2D eigenvalue weighted by Gasteiger charge is -2.30. The highest BCUT2D eigenvalue weighted by atomic mass is 19.3. The van der Waals surface area contributed by atoms with Crippen molar-refractivity contribution in [1.29, 1.82) is 0 Å². The van der Waals surface area contributed by atoms with E-state index in [1.165, 1.54) is 19.2 Å². The van der Waals surface area contributed by atoms with Crippen molar-refractivity contribution in [3.63, 3.8) is 0 Å².